The normalized spacial score (nSPS) is 11.0. The average Bonchev–Trinajstić information content (AvgIpc) is 2.53. The minimum atomic E-state index is 0.662. The van der Waals surface area contributed by atoms with Crippen LogP contribution in [0, 0.1) is 6.92 Å². The summed E-state index contributed by atoms with van der Waals surface area (Å²) < 4.78 is 0. The molecule has 0 aliphatic carbocycles. The summed E-state index contributed by atoms with van der Waals surface area (Å²) in [4.78, 5) is 6.54. The van der Waals surface area contributed by atoms with Gasteiger partial charge in [-0.1, -0.05) is 35.3 Å². The van der Waals surface area contributed by atoms with Crippen LogP contribution in [0.4, 0.5) is 11.4 Å². The van der Waals surface area contributed by atoms with Crippen molar-refractivity contribution in [3.05, 3.63) is 57.6 Å². The number of hydrogen-bond acceptors (Lipinski definition) is 2. The fourth-order valence-corrected chi connectivity index (χ4v) is 2.49. The van der Waals surface area contributed by atoms with Crippen molar-refractivity contribution in [3.8, 4) is 0 Å². The predicted octanol–water partition coefficient (Wildman–Crippen LogP) is 5.53. The summed E-state index contributed by atoms with van der Waals surface area (Å²) in [6.07, 6.45) is 1.82. The second-order valence-corrected chi connectivity index (χ2v) is 6.27. The number of benzene rings is 2. The molecule has 3 nitrogen and oxygen atoms in total. The molecule has 2 rings (SSSR count). The summed E-state index contributed by atoms with van der Waals surface area (Å²) in [6.45, 7) is 5.70. The lowest BCUT2D eigenvalue weighted by Gasteiger charge is -2.14. The minimum Gasteiger partial charge on any atom is -0.381 e. The molecule has 2 aromatic carbocycles. The Hall–Kier alpha value is -1.71. The molecule has 0 unspecified atom stereocenters. The van der Waals surface area contributed by atoms with Gasteiger partial charge < -0.3 is 10.2 Å². The van der Waals surface area contributed by atoms with Crippen LogP contribution in [0.15, 0.2) is 41.4 Å². The van der Waals surface area contributed by atoms with Crippen LogP contribution in [0.2, 0.25) is 10.0 Å². The first-order chi connectivity index (χ1) is 11.0. The molecule has 122 valence electrons. The monoisotopic (exact) mass is 349 g/mol. The first-order valence-electron chi connectivity index (χ1n) is 7.52. The van der Waals surface area contributed by atoms with Crippen LogP contribution < -0.4 is 5.32 Å². The highest BCUT2D eigenvalue weighted by molar-refractivity contribution is 6.31. The number of aliphatic imine (C=N–C) groups is 1. The Morgan fingerprint density at radius 3 is 2.65 bits per heavy atom. The maximum absolute atomic E-state index is 6.23. The van der Waals surface area contributed by atoms with E-state index in [0.29, 0.717) is 11.6 Å². The Balaban J connectivity index is 2.18. The SMILES string of the molecule is CCN(C)/C=N\c1cc(Cl)cc(NCc2cccc(Cl)c2)c1C. The zero-order valence-electron chi connectivity index (χ0n) is 13.6. The Morgan fingerprint density at radius 2 is 1.96 bits per heavy atom. The largest absolute Gasteiger partial charge is 0.381 e. The van der Waals surface area contributed by atoms with Gasteiger partial charge in [0.1, 0.15) is 0 Å². The lowest BCUT2D eigenvalue weighted by molar-refractivity contribution is 0.552. The van der Waals surface area contributed by atoms with Crippen LogP contribution in [-0.4, -0.2) is 24.8 Å². The van der Waals surface area contributed by atoms with E-state index in [1.165, 1.54) is 0 Å². The fourth-order valence-electron chi connectivity index (χ4n) is 2.07. The fraction of sp³-hybridized carbons (Fsp3) is 0.278. The third-order valence-electron chi connectivity index (χ3n) is 3.61. The van der Waals surface area contributed by atoms with Crippen molar-refractivity contribution in [2.75, 3.05) is 18.9 Å². The molecule has 0 bridgehead atoms. The van der Waals surface area contributed by atoms with E-state index in [-0.39, 0.29) is 0 Å². The van der Waals surface area contributed by atoms with Crippen molar-refractivity contribution in [2.45, 2.75) is 20.4 Å². The van der Waals surface area contributed by atoms with Crippen LogP contribution in [0.1, 0.15) is 18.1 Å². The Bertz CT molecular complexity index is 699. The van der Waals surface area contributed by atoms with Gasteiger partial charge in [-0.05, 0) is 49.2 Å². The zero-order valence-corrected chi connectivity index (χ0v) is 15.1. The molecular weight excluding hydrogens is 329 g/mol. The van der Waals surface area contributed by atoms with E-state index in [1.54, 1.807) is 0 Å². The number of hydrogen-bond donors (Lipinski definition) is 1. The van der Waals surface area contributed by atoms with E-state index < -0.39 is 0 Å². The molecule has 0 fully saturated rings. The molecule has 5 heteroatoms. The van der Waals surface area contributed by atoms with Gasteiger partial charge in [0, 0.05) is 35.9 Å². The van der Waals surface area contributed by atoms with Gasteiger partial charge in [0.2, 0.25) is 0 Å². The van der Waals surface area contributed by atoms with Gasteiger partial charge in [-0.2, -0.15) is 0 Å². The predicted molar refractivity (Wildman–Crippen MR) is 101 cm³/mol. The van der Waals surface area contributed by atoms with Gasteiger partial charge in [-0.15, -0.1) is 0 Å². The first-order valence-corrected chi connectivity index (χ1v) is 8.28. The number of rotatable bonds is 6. The van der Waals surface area contributed by atoms with Gasteiger partial charge in [-0.25, -0.2) is 4.99 Å². The standard InChI is InChI=1S/C18H21Cl2N3/c1-4-23(3)12-22-18-10-16(20)9-17(13(18)2)21-11-14-6-5-7-15(19)8-14/h5-10,12,21H,4,11H2,1-3H3/b22-12-. The summed E-state index contributed by atoms with van der Waals surface area (Å²) >= 11 is 12.2. The number of halogens is 2. The third kappa shape index (κ3) is 5.15. The van der Waals surface area contributed by atoms with Crippen LogP contribution in [0.25, 0.3) is 0 Å². The topological polar surface area (TPSA) is 27.6 Å². The summed E-state index contributed by atoms with van der Waals surface area (Å²) in [5.41, 5.74) is 4.03. The van der Waals surface area contributed by atoms with E-state index in [1.807, 2.05) is 61.6 Å². The molecular formula is C18H21Cl2N3. The smallest absolute Gasteiger partial charge is 0.0909 e. The molecule has 0 aliphatic heterocycles. The molecule has 0 spiro atoms. The summed E-state index contributed by atoms with van der Waals surface area (Å²) in [6, 6.07) is 11.6. The lowest BCUT2D eigenvalue weighted by atomic mass is 10.1. The molecule has 0 aromatic heterocycles. The van der Waals surface area contributed by atoms with E-state index in [4.69, 9.17) is 23.2 Å². The Morgan fingerprint density at radius 1 is 1.17 bits per heavy atom. The van der Waals surface area contributed by atoms with Crippen molar-refractivity contribution in [3.63, 3.8) is 0 Å². The number of anilines is 1. The zero-order chi connectivity index (χ0) is 16.8. The van der Waals surface area contributed by atoms with Crippen molar-refractivity contribution in [1.82, 2.24) is 4.90 Å². The average molecular weight is 350 g/mol. The summed E-state index contributed by atoms with van der Waals surface area (Å²) in [5, 5.41) is 4.81. The molecule has 0 amide bonds. The maximum Gasteiger partial charge on any atom is 0.0909 e. The van der Waals surface area contributed by atoms with Crippen LogP contribution in [0.3, 0.4) is 0 Å². The molecule has 0 heterocycles. The van der Waals surface area contributed by atoms with Crippen molar-refractivity contribution in [2.24, 2.45) is 4.99 Å². The quantitative estimate of drug-likeness (QED) is 0.548. The van der Waals surface area contributed by atoms with Crippen molar-refractivity contribution < 1.29 is 0 Å². The molecule has 0 radical (unpaired) electrons. The molecule has 0 saturated heterocycles. The minimum absolute atomic E-state index is 0.662. The van der Waals surface area contributed by atoms with Crippen LogP contribution in [-0.2, 0) is 6.54 Å². The van der Waals surface area contributed by atoms with Crippen molar-refractivity contribution in [1.29, 1.82) is 0 Å². The van der Waals surface area contributed by atoms with Gasteiger partial charge in [0.05, 0.1) is 12.0 Å². The van der Waals surface area contributed by atoms with Crippen molar-refractivity contribution >= 4 is 40.9 Å². The maximum atomic E-state index is 6.23. The van der Waals surface area contributed by atoms with Gasteiger partial charge in [-0.3, -0.25) is 0 Å². The molecule has 0 atom stereocenters. The highest BCUT2D eigenvalue weighted by Gasteiger charge is 2.06. The highest BCUT2D eigenvalue weighted by Crippen LogP contribution is 2.31. The van der Waals surface area contributed by atoms with Crippen LogP contribution in [0.5, 0.6) is 0 Å². The van der Waals surface area contributed by atoms with Gasteiger partial charge in [0.25, 0.3) is 0 Å². The molecule has 1 N–H and O–H groups in total. The Kier molecular flexibility index (Phi) is 6.31. The molecule has 0 saturated carbocycles. The lowest BCUT2D eigenvalue weighted by Crippen LogP contribution is -2.14. The van der Waals surface area contributed by atoms with Gasteiger partial charge in [0.15, 0.2) is 0 Å². The first kappa shape index (κ1) is 17.6. The van der Waals surface area contributed by atoms with Gasteiger partial charge >= 0.3 is 0 Å². The Labute approximate surface area is 147 Å². The number of nitrogens with one attached hydrogen (secondary N) is 1. The van der Waals surface area contributed by atoms with E-state index >= 15 is 0 Å². The molecule has 2 aromatic rings. The van der Waals surface area contributed by atoms with Crippen LogP contribution >= 0.6 is 23.2 Å². The van der Waals surface area contributed by atoms with E-state index in [0.717, 1.165) is 34.1 Å². The molecule has 0 aliphatic rings. The third-order valence-corrected chi connectivity index (χ3v) is 4.06. The highest BCUT2D eigenvalue weighted by atomic mass is 35.5. The van der Waals surface area contributed by atoms with E-state index in [9.17, 15) is 0 Å². The second-order valence-electron chi connectivity index (χ2n) is 5.40. The summed E-state index contributed by atoms with van der Waals surface area (Å²) in [7, 11) is 1.99. The summed E-state index contributed by atoms with van der Waals surface area (Å²) in [5.74, 6) is 0. The van der Waals surface area contributed by atoms with E-state index in [2.05, 4.69) is 17.2 Å². The second kappa shape index (κ2) is 8.23. The molecule has 23 heavy (non-hydrogen) atoms. The number of nitrogens with zero attached hydrogens (tertiary/aromatic N) is 2.